The molecule has 4 nitrogen and oxygen atoms in total. The molecule has 0 saturated heterocycles. The molecular formula is C18H28N2O2Si. The molecule has 1 aliphatic heterocycles. The Bertz CT molecular complexity index is 606. The molecule has 1 aliphatic rings. The second kappa shape index (κ2) is 7.30. The number of aryl methyl sites for hydroxylation is 1. The van der Waals surface area contributed by atoms with E-state index in [1.165, 1.54) is 24.8 Å². The van der Waals surface area contributed by atoms with E-state index in [1.807, 2.05) is 11.5 Å². The van der Waals surface area contributed by atoms with Crippen molar-refractivity contribution in [3.05, 3.63) is 29.3 Å². The fraction of sp³-hybridized carbons (Fsp3) is 0.556. The largest absolute Gasteiger partial charge is 0.395 e. The molecule has 0 bridgehead atoms. The molecule has 0 atom stereocenters. The number of hydrogen-bond acceptors (Lipinski definition) is 3. The van der Waals surface area contributed by atoms with E-state index in [-0.39, 0.29) is 5.91 Å². The number of rotatable bonds is 7. The van der Waals surface area contributed by atoms with Gasteiger partial charge in [-0.15, -0.1) is 0 Å². The predicted molar refractivity (Wildman–Crippen MR) is 98.7 cm³/mol. The molecule has 0 unspecified atom stereocenters. The summed E-state index contributed by atoms with van der Waals surface area (Å²) in [5.41, 5.74) is 3.65. The Morgan fingerprint density at radius 1 is 1.17 bits per heavy atom. The van der Waals surface area contributed by atoms with E-state index >= 15 is 0 Å². The van der Waals surface area contributed by atoms with E-state index in [0.717, 1.165) is 17.7 Å². The van der Waals surface area contributed by atoms with Gasteiger partial charge in [0, 0.05) is 11.3 Å². The van der Waals surface area contributed by atoms with E-state index in [9.17, 15) is 4.79 Å². The molecule has 1 aromatic rings. The summed E-state index contributed by atoms with van der Waals surface area (Å²) in [5.74, 6) is -0.0154. The number of nitrogens with zero attached hydrogens (tertiary/aromatic N) is 2. The summed E-state index contributed by atoms with van der Waals surface area (Å²) in [5, 5.41) is 4.11. The van der Waals surface area contributed by atoms with Gasteiger partial charge in [0.25, 0.3) is 5.91 Å². The number of carbonyl (C=O) groups is 1. The summed E-state index contributed by atoms with van der Waals surface area (Å²) in [6, 6.07) is 6.36. The van der Waals surface area contributed by atoms with Crippen molar-refractivity contribution in [3.63, 3.8) is 0 Å². The maximum absolute atomic E-state index is 12.8. The van der Waals surface area contributed by atoms with Gasteiger partial charge in [-0.1, -0.05) is 50.6 Å². The molecule has 126 valence electrons. The fourth-order valence-corrected chi connectivity index (χ4v) is 4.55. The van der Waals surface area contributed by atoms with Crippen LogP contribution in [0.5, 0.6) is 0 Å². The molecule has 5 heteroatoms. The van der Waals surface area contributed by atoms with E-state index in [1.54, 1.807) is 0 Å². The van der Waals surface area contributed by atoms with Gasteiger partial charge in [0.15, 0.2) is 13.9 Å². The summed E-state index contributed by atoms with van der Waals surface area (Å²) in [7, 11) is -1.82. The van der Waals surface area contributed by atoms with Gasteiger partial charge in [-0.2, -0.15) is 0 Å². The third-order valence-corrected chi connectivity index (χ3v) is 5.77. The topological polar surface area (TPSA) is 41.9 Å². The molecule has 0 aromatic heterocycles. The highest BCUT2D eigenvalue weighted by atomic mass is 28.3. The minimum Gasteiger partial charge on any atom is -0.395 e. The predicted octanol–water partition coefficient (Wildman–Crippen LogP) is 4.34. The van der Waals surface area contributed by atoms with Crippen LogP contribution in [-0.4, -0.2) is 26.5 Å². The number of hydrogen-bond donors (Lipinski definition) is 0. The van der Waals surface area contributed by atoms with E-state index in [4.69, 9.17) is 4.84 Å². The molecule has 1 heterocycles. The van der Waals surface area contributed by atoms with Gasteiger partial charge in [-0.05, 0) is 37.5 Å². The summed E-state index contributed by atoms with van der Waals surface area (Å²) in [4.78, 5) is 18.0. The average Bonchev–Trinajstić information content (AvgIpc) is 2.76. The molecule has 1 amide bonds. The van der Waals surface area contributed by atoms with Gasteiger partial charge in [0.2, 0.25) is 0 Å². The molecule has 23 heavy (non-hydrogen) atoms. The maximum atomic E-state index is 12.8. The first-order chi connectivity index (χ1) is 10.9. The Balaban J connectivity index is 2.40. The smallest absolute Gasteiger partial charge is 0.273 e. The lowest BCUT2D eigenvalue weighted by Crippen LogP contribution is -2.49. The zero-order chi connectivity index (χ0) is 17.0. The van der Waals surface area contributed by atoms with Gasteiger partial charge in [0.1, 0.15) is 6.61 Å². The van der Waals surface area contributed by atoms with Crippen LogP contribution in [0.2, 0.25) is 19.6 Å². The van der Waals surface area contributed by atoms with Crippen LogP contribution in [0.3, 0.4) is 0 Å². The van der Waals surface area contributed by atoms with E-state index < -0.39 is 8.24 Å². The minimum atomic E-state index is -1.82. The fourth-order valence-electron chi connectivity index (χ4n) is 2.92. The highest BCUT2D eigenvalue weighted by molar-refractivity contribution is 6.87. The van der Waals surface area contributed by atoms with Crippen molar-refractivity contribution in [1.82, 2.24) is 0 Å². The molecule has 0 spiro atoms. The first-order valence-electron chi connectivity index (χ1n) is 8.58. The summed E-state index contributed by atoms with van der Waals surface area (Å²) in [6.07, 6.45) is 4.67. The molecule has 1 aromatic carbocycles. The third kappa shape index (κ3) is 3.83. The molecule has 0 saturated carbocycles. The Hall–Kier alpha value is -1.62. The van der Waals surface area contributed by atoms with Crippen molar-refractivity contribution in [2.45, 2.75) is 59.2 Å². The lowest BCUT2D eigenvalue weighted by molar-refractivity contribution is -0.111. The van der Waals surface area contributed by atoms with E-state index in [2.05, 4.69) is 49.9 Å². The van der Waals surface area contributed by atoms with Crippen LogP contribution < -0.4 is 4.57 Å². The van der Waals surface area contributed by atoms with Crippen molar-refractivity contribution in [2.24, 2.45) is 5.16 Å². The molecule has 0 N–H and O–H groups in total. The lowest BCUT2D eigenvalue weighted by atomic mass is 10.0. The van der Waals surface area contributed by atoms with Gasteiger partial charge in [-0.3, -0.25) is 4.79 Å². The van der Waals surface area contributed by atoms with Crippen LogP contribution in [0.25, 0.3) is 0 Å². The molecule has 2 rings (SSSR count). The minimum absolute atomic E-state index is 0.0154. The summed E-state index contributed by atoms with van der Waals surface area (Å²) >= 11 is 0. The molecule has 0 radical (unpaired) electrons. The van der Waals surface area contributed by atoms with Gasteiger partial charge >= 0.3 is 0 Å². The number of carbonyl (C=O) groups excluding carboxylic acids is 1. The lowest BCUT2D eigenvalue weighted by Gasteiger charge is -2.30. The molecule has 0 fully saturated rings. The van der Waals surface area contributed by atoms with Crippen LogP contribution in [0.4, 0.5) is 5.69 Å². The first kappa shape index (κ1) is 17.7. The normalized spacial score (nSPS) is 16.1. The van der Waals surface area contributed by atoms with Crippen molar-refractivity contribution in [1.29, 1.82) is 0 Å². The van der Waals surface area contributed by atoms with Gasteiger partial charge in [-0.25, -0.2) is 0 Å². The highest BCUT2D eigenvalue weighted by Crippen LogP contribution is 2.34. The second-order valence-electron chi connectivity index (χ2n) is 6.98. The number of oxime groups is 1. The Morgan fingerprint density at radius 2 is 1.91 bits per heavy atom. The number of anilines is 1. The highest BCUT2D eigenvalue weighted by Gasteiger charge is 2.41. The quantitative estimate of drug-likeness (QED) is 0.423. The van der Waals surface area contributed by atoms with Crippen LogP contribution in [0.15, 0.2) is 23.4 Å². The zero-order valence-electron chi connectivity index (χ0n) is 15.0. The average molecular weight is 333 g/mol. The van der Waals surface area contributed by atoms with Crippen LogP contribution in [0.1, 0.15) is 44.2 Å². The van der Waals surface area contributed by atoms with Crippen LogP contribution in [-0.2, 0) is 16.1 Å². The molecule has 0 aliphatic carbocycles. The van der Waals surface area contributed by atoms with Crippen molar-refractivity contribution < 1.29 is 9.63 Å². The van der Waals surface area contributed by atoms with Crippen LogP contribution in [0, 0.1) is 0 Å². The number of amides is 1. The third-order valence-electron chi connectivity index (χ3n) is 3.99. The van der Waals surface area contributed by atoms with Gasteiger partial charge < -0.3 is 9.40 Å². The Morgan fingerprint density at radius 3 is 2.52 bits per heavy atom. The van der Waals surface area contributed by atoms with Crippen molar-refractivity contribution in [3.8, 4) is 0 Å². The summed E-state index contributed by atoms with van der Waals surface area (Å²) < 4.78 is 1.95. The van der Waals surface area contributed by atoms with Crippen LogP contribution >= 0.6 is 0 Å². The Kier molecular flexibility index (Phi) is 5.63. The van der Waals surface area contributed by atoms with Crippen molar-refractivity contribution >= 4 is 25.5 Å². The Labute approximate surface area is 140 Å². The number of fused-ring (bicyclic) bond motifs is 1. The molecular weight excluding hydrogens is 304 g/mol. The monoisotopic (exact) mass is 332 g/mol. The first-order valence-corrected chi connectivity index (χ1v) is 12.0. The zero-order valence-corrected chi connectivity index (χ0v) is 16.0. The van der Waals surface area contributed by atoms with E-state index in [0.29, 0.717) is 12.3 Å². The second-order valence-corrected chi connectivity index (χ2v) is 11.8. The maximum Gasteiger partial charge on any atom is 0.273 e. The number of unbranched alkanes of at least 4 members (excludes halogenated alkanes) is 2. The van der Waals surface area contributed by atoms with Gasteiger partial charge in [0.05, 0.1) is 0 Å². The number of benzene rings is 1. The standard InChI is InChI=1S/C18H28N2O2Si/c1-6-8-9-10-14-11-12-16-15(13-14)17(19-22-7-2)18(21)20(16)23(3,4)5/h11-13H,6-10H2,1-5H3/b19-17-. The summed E-state index contributed by atoms with van der Waals surface area (Å²) in [6.45, 7) is 11.1. The SMILES string of the molecule is CCCCCc1ccc2c(c1)/C(=N/OCC)C(=O)N2[Si](C)(C)C. The van der Waals surface area contributed by atoms with Crippen molar-refractivity contribution in [2.75, 3.05) is 11.2 Å².